The Bertz CT molecular complexity index is 1960. The fourth-order valence-electron chi connectivity index (χ4n) is 9.01. The number of amides is 3. The molecule has 4 N–H and O–H groups in total. The number of methoxy groups -OCH3 is 1. The van der Waals surface area contributed by atoms with Crippen LogP contribution in [0.5, 0.6) is 5.75 Å². The molecule has 0 radical (unpaired) electrons. The van der Waals surface area contributed by atoms with Crippen LogP contribution in [0.25, 0.3) is 11.1 Å². The number of carbonyl (C=O) groups is 3. The summed E-state index contributed by atoms with van der Waals surface area (Å²) in [5, 5.41) is 29.4. The molecule has 0 bridgehead atoms. The van der Waals surface area contributed by atoms with Crippen LogP contribution in [-0.2, 0) is 21.0 Å². The molecule has 1 aliphatic carbocycles. The fraction of sp³-hybridized carbons (Fsp3) is 0.553. The zero-order valence-electron chi connectivity index (χ0n) is 37.6. The number of ether oxygens (including phenoxy) is 1. The Morgan fingerprint density at radius 1 is 0.967 bits per heavy atom. The van der Waals surface area contributed by atoms with Gasteiger partial charge in [-0.3, -0.25) is 19.2 Å². The maximum absolute atomic E-state index is 14.4. The summed E-state index contributed by atoms with van der Waals surface area (Å²) < 4.78 is 6.10. The molecule has 60 heavy (non-hydrogen) atoms. The van der Waals surface area contributed by atoms with Gasteiger partial charge in [0.15, 0.2) is 0 Å². The van der Waals surface area contributed by atoms with Gasteiger partial charge >= 0.3 is 0 Å². The van der Waals surface area contributed by atoms with Crippen molar-refractivity contribution in [3.8, 4) is 16.9 Å². The standard InChI is InChI=1S/C47H68N6O7/c1-28-21-38(29(2)30(3)47(28,5)6)48-45(57)42-41(31(4)55)40(27-54)60-53(42)25-32-17-16-20-37(43(32)59-12)33-22-34(24-36(23-33)51(9)10)44(56)49-39(26-50(7)8)46(58)52(11)35-18-14-13-15-19-35/h13-20,22-24,28-31,38-42,54-55H,21,25-27H2,1-12H3,(H,48,57)(H,49,56)/t28-,29+,30+,31+,38+,39-,40+,41-,42+/m1/s1. The summed E-state index contributed by atoms with van der Waals surface area (Å²) in [6.45, 7) is 12.9. The third-order valence-corrected chi connectivity index (χ3v) is 13.4. The molecule has 0 unspecified atom stereocenters. The topological polar surface area (TPSA) is 147 Å². The Kier molecular flexibility index (Phi) is 15.1. The minimum Gasteiger partial charge on any atom is -0.496 e. The highest BCUT2D eigenvalue weighted by molar-refractivity contribution is 6.03. The predicted octanol–water partition coefficient (Wildman–Crippen LogP) is 5.05. The van der Waals surface area contributed by atoms with Crippen molar-refractivity contribution in [1.29, 1.82) is 0 Å². The Labute approximate surface area is 357 Å². The van der Waals surface area contributed by atoms with Crippen molar-refractivity contribution in [2.45, 2.75) is 84.8 Å². The van der Waals surface area contributed by atoms with Crippen molar-refractivity contribution in [2.24, 2.45) is 29.1 Å². The van der Waals surface area contributed by atoms with E-state index in [2.05, 4.69) is 45.3 Å². The number of hydrogen-bond acceptors (Lipinski definition) is 10. The average molecular weight is 829 g/mol. The number of para-hydroxylation sites is 2. The van der Waals surface area contributed by atoms with Gasteiger partial charge in [0.25, 0.3) is 11.8 Å². The number of carbonyl (C=O) groups excluding carboxylic acids is 3. The Hall–Kier alpha value is -4.53. The van der Waals surface area contributed by atoms with Gasteiger partial charge in [-0.1, -0.05) is 71.0 Å². The van der Waals surface area contributed by atoms with Crippen LogP contribution < -0.4 is 25.2 Å². The molecule has 5 rings (SSSR count). The van der Waals surface area contributed by atoms with Gasteiger partial charge in [-0.25, -0.2) is 0 Å². The van der Waals surface area contributed by atoms with Crippen LogP contribution in [-0.4, -0.2) is 124 Å². The van der Waals surface area contributed by atoms with E-state index >= 15 is 0 Å². The minimum absolute atomic E-state index is 0.0607. The van der Waals surface area contributed by atoms with Crippen LogP contribution in [0.15, 0.2) is 66.7 Å². The van der Waals surface area contributed by atoms with Gasteiger partial charge in [0, 0.05) is 67.7 Å². The third kappa shape index (κ3) is 9.98. The second-order valence-corrected chi connectivity index (χ2v) is 18.1. The number of aliphatic hydroxyl groups excluding tert-OH is 2. The Morgan fingerprint density at radius 2 is 1.65 bits per heavy atom. The molecule has 13 nitrogen and oxygen atoms in total. The second kappa shape index (κ2) is 19.5. The highest BCUT2D eigenvalue weighted by Crippen LogP contribution is 2.48. The molecule has 1 heterocycles. The Morgan fingerprint density at radius 3 is 2.25 bits per heavy atom. The molecule has 328 valence electrons. The number of likely N-dealkylation sites (N-methyl/N-ethyl adjacent to an activating group) is 2. The summed E-state index contributed by atoms with van der Waals surface area (Å²) in [6.07, 6.45) is -0.912. The zero-order chi connectivity index (χ0) is 44.2. The van der Waals surface area contributed by atoms with Crippen molar-refractivity contribution >= 4 is 29.1 Å². The molecule has 3 amide bonds. The molecule has 2 aliphatic rings. The van der Waals surface area contributed by atoms with Crippen molar-refractivity contribution < 1.29 is 34.2 Å². The molecule has 13 heteroatoms. The van der Waals surface area contributed by atoms with Crippen LogP contribution in [0, 0.1) is 29.1 Å². The molecule has 1 saturated heterocycles. The van der Waals surface area contributed by atoms with Crippen LogP contribution >= 0.6 is 0 Å². The molecular weight excluding hydrogens is 761 g/mol. The zero-order valence-corrected chi connectivity index (χ0v) is 37.6. The first-order valence-corrected chi connectivity index (χ1v) is 21.1. The number of hydroxylamine groups is 2. The van der Waals surface area contributed by atoms with E-state index in [1.807, 2.05) is 92.6 Å². The van der Waals surface area contributed by atoms with E-state index in [4.69, 9.17) is 9.57 Å². The quantitative estimate of drug-likeness (QED) is 0.164. The molecular formula is C47H68N6O7. The molecule has 3 aromatic rings. The SMILES string of the molecule is COc1c(CN2O[C@@H](CO)[C@@H]([C@H](C)O)[C@H]2C(=O)N[C@H]2C[C@@H](C)C(C)(C)[C@@H](C)[C@@H]2C)cccc1-c1cc(C(=O)N[C@H](CN(C)C)C(=O)N(C)c2ccccc2)cc(N(C)C)c1. The fourth-order valence-corrected chi connectivity index (χ4v) is 9.01. The van der Waals surface area contributed by atoms with Gasteiger partial charge < -0.3 is 40.3 Å². The van der Waals surface area contributed by atoms with Crippen LogP contribution in [0.4, 0.5) is 11.4 Å². The molecule has 0 spiro atoms. The predicted molar refractivity (Wildman–Crippen MR) is 237 cm³/mol. The second-order valence-electron chi connectivity index (χ2n) is 18.1. The lowest BCUT2D eigenvalue weighted by molar-refractivity contribution is -0.182. The monoisotopic (exact) mass is 829 g/mol. The molecule has 0 aromatic heterocycles. The maximum Gasteiger partial charge on any atom is 0.252 e. The number of hydrogen-bond donors (Lipinski definition) is 4. The molecule has 1 aliphatic heterocycles. The van der Waals surface area contributed by atoms with Gasteiger partial charge in [0.1, 0.15) is 23.9 Å². The molecule has 3 aromatic carbocycles. The first-order chi connectivity index (χ1) is 28.3. The van der Waals surface area contributed by atoms with Crippen LogP contribution in [0.3, 0.4) is 0 Å². The largest absolute Gasteiger partial charge is 0.496 e. The normalized spacial score (nSPS) is 25.0. The number of aliphatic hydroxyl groups is 2. The van der Waals surface area contributed by atoms with E-state index < -0.39 is 36.1 Å². The van der Waals surface area contributed by atoms with Crippen LogP contribution in [0.2, 0.25) is 0 Å². The summed E-state index contributed by atoms with van der Waals surface area (Å²) in [4.78, 5) is 54.0. The number of nitrogens with one attached hydrogen (secondary N) is 2. The minimum atomic E-state index is -0.943. The van der Waals surface area contributed by atoms with Crippen molar-refractivity contribution in [3.63, 3.8) is 0 Å². The Balaban J connectivity index is 1.47. The lowest BCUT2D eigenvalue weighted by atomic mass is 9.58. The van der Waals surface area contributed by atoms with E-state index in [0.717, 1.165) is 17.8 Å². The van der Waals surface area contributed by atoms with E-state index in [-0.39, 0.29) is 42.3 Å². The van der Waals surface area contributed by atoms with Gasteiger partial charge in [0.2, 0.25) is 5.91 Å². The summed E-state index contributed by atoms with van der Waals surface area (Å²) >= 11 is 0. The van der Waals surface area contributed by atoms with Crippen molar-refractivity contribution in [2.75, 3.05) is 65.3 Å². The number of nitrogens with zero attached hydrogens (tertiary/aromatic N) is 4. The van der Waals surface area contributed by atoms with E-state index in [9.17, 15) is 24.6 Å². The lowest BCUT2D eigenvalue weighted by Gasteiger charge is -2.50. The van der Waals surface area contributed by atoms with Gasteiger partial charge in [0.05, 0.1) is 26.4 Å². The van der Waals surface area contributed by atoms with E-state index in [1.54, 1.807) is 43.2 Å². The molecule has 1 saturated carbocycles. The first kappa shape index (κ1) is 46.5. The number of rotatable bonds is 15. The summed E-state index contributed by atoms with van der Waals surface area (Å²) in [5.41, 5.74) is 4.06. The first-order valence-electron chi connectivity index (χ1n) is 21.1. The van der Waals surface area contributed by atoms with Gasteiger partial charge in [-0.15, -0.1) is 0 Å². The summed E-state index contributed by atoms with van der Waals surface area (Å²) in [7, 11) is 10.8. The number of benzene rings is 3. The van der Waals surface area contributed by atoms with Crippen LogP contribution in [0.1, 0.15) is 63.9 Å². The summed E-state index contributed by atoms with van der Waals surface area (Å²) in [6, 6.07) is 18.7. The smallest absolute Gasteiger partial charge is 0.252 e. The molecule has 9 atom stereocenters. The lowest BCUT2D eigenvalue weighted by Crippen LogP contribution is -2.56. The van der Waals surface area contributed by atoms with E-state index in [0.29, 0.717) is 46.4 Å². The highest BCUT2D eigenvalue weighted by Gasteiger charge is 2.51. The van der Waals surface area contributed by atoms with Crippen molar-refractivity contribution in [3.05, 3.63) is 77.9 Å². The van der Waals surface area contributed by atoms with Gasteiger partial charge in [-0.2, -0.15) is 5.06 Å². The van der Waals surface area contributed by atoms with E-state index in [1.165, 1.54) is 0 Å². The molecule has 2 fully saturated rings. The summed E-state index contributed by atoms with van der Waals surface area (Å²) in [5.74, 6) is -0.106. The van der Waals surface area contributed by atoms with Gasteiger partial charge in [-0.05, 0) is 86.5 Å². The van der Waals surface area contributed by atoms with Crippen molar-refractivity contribution in [1.82, 2.24) is 20.6 Å². The number of anilines is 2. The average Bonchev–Trinajstić information content (AvgIpc) is 3.59. The highest BCUT2D eigenvalue weighted by atomic mass is 16.7. The third-order valence-electron chi connectivity index (χ3n) is 13.4. The maximum atomic E-state index is 14.4.